The van der Waals surface area contributed by atoms with Crippen LogP contribution in [0.25, 0.3) is 10.9 Å². The van der Waals surface area contributed by atoms with Crippen LogP contribution in [0.2, 0.25) is 0 Å². The maximum atomic E-state index is 12.1. The molecule has 0 bridgehead atoms. The highest BCUT2D eigenvalue weighted by molar-refractivity contribution is 7.99. The summed E-state index contributed by atoms with van der Waals surface area (Å²) >= 11 is 1.72. The van der Waals surface area contributed by atoms with Gasteiger partial charge in [0.15, 0.2) is 0 Å². The van der Waals surface area contributed by atoms with Gasteiger partial charge in [0.25, 0.3) is 0 Å². The third-order valence-corrected chi connectivity index (χ3v) is 8.24. The van der Waals surface area contributed by atoms with Crippen molar-refractivity contribution in [3.63, 3.8) is 0 Å². The van der Waals surface area contributed by atoms with E-state index >= 15 is 0 Å². The molecular weight excluding hydrogens is 486 g/mol. The van der Waals surface area contributed by atoms with E-state index in [0.717, 1.165) is 53.0 Å². The molecule has 37 heavy (non-hydrogen) atoms. The number of likely N-dealkylation sites (tertiary alicyclic amines) is 1. The Morgan fingerprint density at radius 3 is 2.95 bits per heavy atom. The summed E-state index contributed by atoms with van der Waals surface area (Å²) in [6.45, 7) is 2.27. The van der Waals surface area contributed by atoms with E-state index in [1.165, 1.54) is 0 Å². The van der Waals surface area contributed by atoms with Crippen LogP contribution in [0.3, 0.4) is 0 Å². The molecule has 1 aliphatic heterocycles. The zero-order valence-corrected chi connectivity index (χ0v) is 21.9. The largest absolute Gasteiger partial charge is 0.497 e. The number of nitriles is 1. The Labute approximate surface area is 222 Å². The van der Waals surface area contributed by atoms with Crippen LogP contribution in [0.5, 0.6) is 5.75 Å². The summed E-state index contributed by atoms with van der Waals surface area (Å²) in [6.07, 6.45) is 3.93. The molecule has 8 heteroatoms. The molecule has 194 valence electrons. The molecule has 3 aromatic rings. The molecule has 0 unspecified atom stereocenters. The predicted molar refractivity (Wildman–Crippen MR) is 145 cm³/mol. The van der Waals surface area contributed by atoms with Crippen molar-refractivity contribution in [1.29, 1.82) is 5.26 Å². The zero-order valence-electron chi connectivity index (χ0n) is 21.0. The number of ether oxygens (including phenoxy) is 1. The maximum absolute atomic E-state index is 12.1. The Balaban J connectivity index is 1.29. The molecule has 7 nitrogen and oxygen atoms in total. The molecule has 4 rings (SSSR count). The van der Waals surface area contributed by atoms with E-state index in [4.69, 9.17) is 10.00 Å². The standard InChI is InChI=1S/C29H33N3O4S/c1-36-22-7-8-27-25(17-22)24(10-12-31-27)28(33)9-6-21-11-14-32(19-26(21)29(34)35)13-3-15-37-23-5-2-4-20(16-23)18-30/h2,4-5,7-8,10,12,16-17,21,26,28,33H,3,6,9,11,13-15,19H2,1H3,(H,34,35)/t21-,26+,28+/m1/s1. The van der Waals surface area contributed by atoms with Crippen molar-refractivity contribution in [2.75, 3.05) is 32.5 Å². The molecule has 2 aromatic carbocycles. The van der Waals surface area contributed by atoms with Gasteiger partial charge >= 0.3 is 5.97 Å². The topological polar surface area (TPSA) is 107 Å². The Morgan fingerprint density at radius 2 is 2.16 bits per heavy atom. The summed E-state index contributed by atoms with van der Waals surface area (Å²) in [4.78, 5) is 19.8. The number of aliphatic hydroxyl groups excluding tert-OH is 1. The van der Waals surface area contributed by atoms with Gasteiger partial charge < -0.3 is 19.8 Å². The summed E-state index contributed by atoms with van der Waals surface area (Å²) in [5.74, 6) is 0.473. The van der Waals surface area contributed by atoms with Gasteiger partial charge in [-0.2, -0.15) is 5.26 Å². The van der Waals surface area contributed by atoms with Crippen molar-refractivity contribution in [1.82, 2.24) is 9.88 Å². The molecule has 0 amide bonds. The third kappa shape index (κ3) is 7.01. The normalized spacial score (nSPS) is 18.8. The minimum atomic E-state index is -0.758. The van der Waals surface area contributed by atoms with Gasteiger partial charge in [-0.25, -0.2) is 0 Å². The quantitative estimate of drug-likeness (QED) is 0.265. The van der Waals surface area contributed by atoms with Crippen molar-refractivity contribution in [2.45, 2.75) is 36.7 Å². The lowest BCUT2D eigenvalue weighted by Gasteiger charge is -2.37. The third-order valence-electron chi connectivity index (χ3n) is 7.16. The number of carbonyl (C=O) groups is 1. The zero-order chi connectivity index (χ0) is 26.2. The molecule has 3 atom stereocenters. The van der Waals surface area contributed by atoms with E-state index in [9.17, 15) is 15.0 Å². The number of benzene rings is 2. The van der Waals surface area contributed by atoms with Gasteiger partial charge in [-0.05, 0) is 98.5 Å². The number of aliphatic carboxylic acids is 1. The Kier molecular flexibility index (Phi) is 9.40. The fraction of sp³-hybridized carbons (Fsp3) is 0.414. The SMILES string of the molecule is COc1ccc2nccc([C@@H](O)CC[C@@H]3CCN(CCCSc4cccc(C#N)c4)C[C@@H]3C(=O)O)c2c1. The lowest BCUT2D eigenvalue weighted by Crippen LogP contribution is -2.44. The summed E-state index contributed by atoms with van der Waals surface area (Å²) in [5, 5.41) is 30.9. The monoisotopic (exact) mass is 519 g/mol. The Hall–Kier alpha value is -3.12. The summed E-state index contributed by atoms with van der Waals surface area (Å²) in [5.41, 5.74) is 2.26. The Morgan fingerprint density at radius 1 is 1.30 bits per heavy atom. The number of methoxy groups -OCH3 is 1. The Bertz CT molecular complexity index is 1260. The molecule has 1 aliphatic rings. The maximum Gasteiger partial charge on any atom is 0.308 e. The van der Waals surface area contributed by atoms with Crippen molar-refractivity contribution < 1.29 is 19.7 Å². The molecule has 1 saturated heterocycles. The second kappa shape index (κ2) is 12.9. The van der Waals surface area contributed by atoms with Crippen LogP contribution in [0.15, 0.2) is 59.6 Å². The number of piperidine rings is 1. The van der Waals surface area contributed by atoms with Gasteiger partial charge in [0.2, 0.25) is 0 Å². The van der Waals surface area contributed by atoms with Crippen molar-refractivity contribution in [3.05, 3.63) is 65.9 Å². The highest BCUT2D eigenvalue weighted by Crippen LogP contribution is 2.34. The van der Waals surface area contributed by atoms with E-state index < -0.39 is 18.0 Å². The van der Waals surface area contributed by atoms with Gasteiger partial charge in [-0.1, -0.05) is 6.07 Å². The van der Waals surface area contributed by atoms with Gasteiger partial charge in [0, 0.05) is 23.0 Å². The molecule has 0 saturated carbocycles. The number of rotatable bonds is 11. The number of hydrogen-bond donors (Lipinski definition) is 2. The first-order valence-electron chi connectivity index (χ1n) is 12.7. The minimum absolute atomic E-state index is 0.0362. The number of carboxylic acid groups (broad SMARTS) is 1. The summed E-state index contributed by atoms with van der Waals surface area (Å²) in [7, 11) is 1.61. The van der Waals surface area contributed by atoms with Crippen LogP contribution in [-0.2, 0) is 4.79 Å². The predicted octanol–water partition coefficient (Wildman–Crippen LogP) is 5.13. The van der Waals surface area contributed by atoms with Crippen LogP contribution in [0, 0.1) is 23.2 Å². The van der Waals surface area contributed by atoms with Crippen molar-refractivity contribution >= 4 is 28.6 Å². The van der Waals surface area contributed by atoms with Crippen LogP contribution in [0.1, 0.15) is 42.9 Å². The van der Waals surface area contributed by atoms with Crippen molar-refractivity contribution in [3.8, 4) is 11.8 Å². The molecule has 0 radical (unpaired) electrons. The number of hydrogen-bond acceptors (Lipinski definition) is 7. The van der Waals surface area contributed by atoms with Crippen molar-refractivity contribution in [2.24, 2.45) is 11.8 Å². The minimum Gasteiger partial charge on any atom is -0.497 e. The van der Waals surface area contributed by atoms with Crippen LogP contribution < -0.4 is 4.74 Å². The smallest absolute Gasteiger partial charge is 0.308 e. The molecule has 1 aromatic heterocycles. The fourth-order valence-electron chi connectivity index (χ4n) is 5.12. The first kappa shape index (κ1) is 26.9. The van der Waals surface area contributed by atoms with Crippen LogP contribution >= 0.6 is 11.8 Å². The number of thioether (sulfide) groups is 1. The van der Waals surface area contributed by atoms with Gasteiger partial charge in [0.1, 0.15) is 5.75 Å². The highest BCUT2D eigenvalue weighted by atomic mass is 32.2. The summed E-state index contributed by atoms with van der Waals surface area (Å²) in [6, 6.07) is 17.2. The number of carboxylic acids is 1. The first-order valence-corrected chi connectivity index (χ1v) is 13.7. The molecule has 1 fully saturated rings. The molecule has 2 N–H and O–H groups in total. The number of fused-ring (bicyclic) bond motifs is 1. The molecule has 0 aliphatic carbocycles. The number of aromatic nitrogens is 1. The molecular formula is C29H33N3O4S. The molecule has 0 spiro atoms. The average Bonchev–Trinajstić information content (AvgIpc) is 2.93. The first-order chi connectivity index (χ1) is 18.0. The molecule has 2 heterocycles. The lowest BCUT2D eigenvalue weighted by atomic mass is 9.81. The van der Waals surface area contributed by atoms with E-state index in [0.29, 0.717) is 30.7 Å². The van der Waals surface area contributed by atoms with Gasteiger partial charge in [0.05, 0.1) is 36.3 Å². The average molecular weight is 520 g/mol. The van der Waals surface area contributed by atoms with E-state index in [1.807, 2.05) is 42.5 Å². The second-order valence-corrected chi connectivity index (χ2v) is 10.7. The van der Waals surface area contributed by atoms with E-state index in [2.05, 4.69) is 16.0 Å². The number of aliphatic hydroxyl groups is 1. The van der Waals surface area contributed by atoms with Crippen LogP contribution in [0.4, 0.5) is 0 Å². The van der Waals surface area contributed by atoms with Crippen LogP contribution in [-0.4, -0.2) is 58.6 Å². The number of pyridine rings is 1. The van der Waals surface area contributed by atoms with Gasteiger partial charge in [-0.3, -0.25) is 9.78 Å². The van der Waals surface area contributed by atoms with Gasteiger partial charge in [-0.15, -0.1) is 11.8 Å². The second-order valence-electron chi connectivity index (χ2n) is 9.51. The highest BCUT2D eigenvalue weighted by Gasteiger charge is 2.34. The van der Waals surface area contributed by atoms with E-state index in [-0.39, 0.29) is 5.92 Å². The fourth-order valence-corrected chi connectivity index (χ4v) is 6.02. The lowest BCUT2D eigenvalue weighted by molar-refractivity contribution is -0.146. The van der Waals surface area contributed by atoms with E-state index in [1.54, 1.807) is 31.1 Å². The summed E-state index contributed by atoms with van der Waals surface area (Å²) < 4.78 is 5.34. The number of nitrogens with zero attached hydrogens (tertiary/aromatic N) is 3.